The molecule has 0 bridgehead atoms. The van der Waals surface area contributed by atoms with Crippen molar-refractivity contribution >= 4 is 5.97 Å². The van der Waals surface area contributed by atoms with Crippen LogP contribution < -0.4 is 5.32 Å². The van der Waals surface area contributed by atoms with Crippen molar-refractivity contribution in [3.8, 4) is 0 Å². The van der Waals surface area contributed by atoms with E-state index in [1.54, 1.807) is 18.3 Å². The van der Waals surface area contributed by atoms with Gasteiger partial charge in [-0.2, -0.15) is 5.10 Å². The Bertz CT molecular complexity index is 493. The highest BCUT2D eigenvalue weighted by atomic mass is 16.4. The minimum Gasteiger partial charge on any atom is -0.478 e. The Kier molecular flexibility index (Phi) is 4.03. The summed E-state index contributed by atoms with van der Waals surface area (Å²) in [6.07, 6.45) is 5.01. The molecule has 0 fully saturated rings. The molecule has 0 saturated heterocycles. The van der Waals surface area contributed by atoms with E-state index in [0.717, 1.165) is 18.8 Å². The van der Waals surface area contributed by atoms with Crippen LogP contribution in [0.25, 0.3) is 0 Å². The number of pyridine rings is 1. The largest absolute Gasteiger partial charge is 0.478 e. The van der Waals surface area contributed by atoms with E-state index in [-0.39, 0.29) is 5.56 Å². The summed E-state index contributed by atoms with van der Waals surface area (Å²) in [4.78, 5) is 14.7. The number of hydrogen-bond donors (Lipinski definition) is 2. The number of carboxylic acids is 1. The first kappa shape index (κ1) is 12.3. The van der Waals surface area contributed by atoms with Crippen LogP contribution in [-0.2, 0) is 13.1 Å². The summed E-state index contributed by atoms with van der Waals surface area (Å²) >= 11 is 0. The molecule has 2 heterocycles. The molecule has 2 N–H and O–H groups in total. The normalized spacial score (nSPS) is 10.4. The van der Waals surface area contributed by atoms with Crippen molar-refractivity contribution in [3.05, 3.63) is 48.0 Å². The van der Waals surface area contributed by atoms with Gasteiger partial charge in [0.1, 0.15) is 0 Å². The zero-order chi connectivity index (χ0) is 12.8. The van der Waals surface area contributed by atoms with Crippen LogP contribution in [-0.4, -0.2) is 32.4 Å². The van der Waals surface area contributed by atoms with Crippen LogP contribution in [0.15, 0.2) is 36.8 Å². The second kappa shape index (κ2) is 5.92. The van der Waals surface area contributed by atoms with E-state index < -0.39 is 5.97 Å². The highest BCUT2D eigenvalue weighted by Gasteiger charge is 2.02. The fourth-order valence-corrected chi connectivity index (χ4v) is 1.50. The van der Waals surface area contributed by atoms with Crippen LogP contribution in [0.4, 0.5) is 0 Å². The third kappa shape index (κ3) is 3.39. The van der Waals surface area contributed by atoms with Gasteiger partial charge in [-0.15, -0.1) is 0 Å². The molecule has 0 atom stereocenters. The van der Waals surface area contributed by atoms with Crippen LogP contribution in [0.3, 0.4) is 0 Å². The fourth-order valence-electron chi connectivity index (χ4n) is 1.50. The van der Waals surface area contributed by atoms with Gasteiger partial charge in [0.2, 0.25) is 0 Å². The van der Waals surface area contributed by atoms with Crippen molar-refractivity contribution in [2.24, 2.45) is 0 Å². The average Bonchev–Trinajstić information content (AvgIpc) is 2.88. The highest BCUT2D eigenvalue weighted by molar-refractivity contribution is 5.87. The molecule has 0 saturated carbocycles. The summed E-state index contributed by atoms with van der Waals surface area (Å²) in [5.41, 5.74) is 1.02. The SMILES string of the molecule is O=C(O)c1ccc(CNCCn2cccn2)nc1. The van der Waals surface area contributed by atoms with Crippen LogP contribution in [0.5, 0.6) is 0 Å². The molecule has 2 rings (SSSR count). The summed E-state index contributed by atoms with van der Waals surface area (Å²) in [5, 5.41) is 16.0. The number of carboxylic acid groups (broad SMARTS) is 1. The van der Waals surface area contributed by atoms with Crippen molar-refractivity contribution in [1.82, 2.24) is 20.1 Å². The van der Waals surface area contributed by atoms with E-state index in [4.69, 9.17) is 5.11 Å². The molecule has 0 aliphatic carbocycles. The number of nitrogens with one attached hydrogen (secondary N) is 1. The number of hydrogen-bond acceptors (Lipinski definition) is 4. The predicted molar refractivity (Wildman–Crippen MR) is 65.1 cm³/mol. The first-order valence-electron chi connectivity index (χ1n) is 5.62. The first-order valence-corrected chi connectivity index (χ1v) is 5.62. The van der Waals surface area contributed by atoms with Gasteiger partial charge < -0.3 is 10.4 Å². The molecule has 0 radical (unpaired) electrons. The molecule has 6 nitrogen and oxygen atoms in total. The fraction of sp³-hybridized carbons (Fsp3) is 0.250. The molecule has 0 amide bonds. The molecule has 2 aromatic rings. The monoisotopic (exact) mass is 246 g/mol. The molecular weight excluding hydrogens is 232 g/mol. The maximum Gasteiger partial charge on any atom is 0.337 e. The van der Waals surface area contributed by atoms with Gasteiger partial charge in [-0.05, 0) is 18.2 Å². The van der Waals surface area contributed by atoms with Crippen molar-refractivity contribution in [3.63, 3.8) is 0 Å². The summed E-state index contributed by atoms with van der Waals surface area (Å²) in [5.74, 6) is -0.958. The molecule has 0 spiro atoms. The second-order valence-electron chi connectivity index (χ2n) is 3.79. The lowest BCUT2D eigenvalue weighted by Gasteiger charge is -2.04. The Morgan fingerprint density at radius 2 is 2.33 bits per heavy atom. The smallest absolute Gasteiger partial charge is 0.337 e. The molecule has 0 aromatic carbocycles. The summed E-state index contributed by atoms with van der Waals surface area (Å²) in [6.45, 7) is 2.19. The van der Waals surface area contributed by atoms with Gasteiger partial charge in [0.25, 0.3) is 0 Å². The van der Waals surface area contributed by atoms with E-state index in [2.05, 4.69) is 15.4 Å². The summed E-state index contributed by atoms with van der Waals surface area (Å²) in [6, 6.07) is 5.15. The van der Waals surface area contributed by atoms with Crippen LogP contribution >= 0.6 is 0 Å². The Morgan fingerprint density at radius 3 is 2.94 bits per heavy atom. The third-order valence-electron chi connectivity index (χ3n) is 2.45. The number of aromatic nitrogens is 3. The van der Waals surface area contributed by atoms with E-state index in [0.29, 0.717) is 6.54 Å². The highest BCUT2D eigenvalue weighted by Crippen LogP contribution is 1.99. The van der Waals surface area contributed by atoms with Crippen molar-refractivity contribution in [1.29, 1.82) is 0 Å². The average molecular weight is 246 g/mol. The standard InChI is InChI=1S/C12H14N4O2/c17-12(18)10-2-3-11(14-8-10)9-13-5-7-16-6-1-4-15-16/h1-4,6,8,13H,5,7,9H2,(H,17,18). The molecule has 0 unspecified atom stereocenters. The zero-order valence-electron chi connectivity index (χ0n) is 9.78. The van der Waals surface area contributed by atoms with Crippen LogP contribution in [0.1, 0.15) is 16.1 Å². The molecule has 18 heavy (non-hydrogen) atoms. The number of aromatic carboxylic acids is 1. The van der Waals surface area contributed by atoms with E-state index >= 15 is 0 Å². The predicted octanol–water partition coefficient (Wildman–Crippen LogP) is 0.766. The summed E-state index contributed by atoms with van der Waals surface area (Å²) in [7, 11) is 0. The van der Waals surface area contributed by atoms with Crippen molar-refractivity contribution in [2.75, 3.05) is 6.54 Å². The second-order valence-corrected chi connectivity index (χ2v) is 3.79. The quantitative estimate of drug-likeness (QED) is 0.736. The molecule has 2 aromatic heterocycles. The Balaban J connectivity index is 1.75. The molecule has 0 aliphatic rings. The van der Waals surface area contributed by atoms with E-state index in [1.807, 2.05) is 16.9 Å². The lowest BCUT2D eigenvalue weighted by atomic mass is 10.2. The van der Waals surface area contributed by atoms with Crippen LogP contribution in [0.2, 0.25) is 0 Å². The van der Waals surface area contributed by atoms with Crippen molar-refractivity contribution in [2.45, 2.75) is 13.1 Å². The van der Waals surface area contributed by atoms with Gasteiger partial charge in [0.15, 0.2) is 0 Å². The first-order chi connectivity index (χ1) is 8.75. The Labute approximate surface area is 104 Å². The van der Waals surface area contributed by atoms with Gasteiger partial charge in [-0.3, -0.25) is 9.67 Å². The lowest BCUT2D eigenvalue weighted by molar-refractivity contribution is 0.0696. The minimum atomic E-state index is -0.958. The number of carbonyl (C=O) groups is 1. The maximum atomic E-state index is 10.6. The van der Waals surface area contributed by atoms with Gasteiger partial charge in [-0.1, -0.05) is 0 Å². The Morgan fingerprint density at radius 1 is 1.44 bits per heavy atom. The number of nitrogens with zero attached hydrogens (tertiary/aromatic N) is 3. The van der Waals surface area contributed by atoms with E-state index in [1.165, 1.54) is 6.20 Å². The maximum absolute atomic E-state index is 10.6. The van der Waals surface area contributed by atoms with Crippen molar-refractivity contribution < 1.29 is 9.90 Å². The van der Waals surface area contributed by atoms with E-state index in [9.17, 15) is 4.79 Å². The van der Waals surface area contributed by atoms with Gasteiger partial charge in [0, 0.05) is 31.7 Å². The van der Waals surface area contributed by atoms with Gasteiger partial charge in [0.05, 0.1) is 17.8 Å². The van der Waals surface area contributed by atoms with Crippen LogP contribution in [0, 0.1) is 0 Å². The molecular formula is C12H14N4O2. The Hall–Kier alpha value is -2.21. The molecule has 6 heteroatoms. The third-order valence-corrected chi connectivity index (χ3v) is 2.45. The number of rotatable bonds is 6. The zero-order valence-corrected chi connectivity index (χ0v) is 9.78. The van der Waals surface area contributed by atoms with Gasteiger partial charge >= 0.3 is 5.97 Å². The summed E-state index contributed by atoms with van der Waals surface area (Å²) < 4.78 is 1.84. The lowest BCUT2D eigenvalue weighted by Crippen LogP contribution is -2.20. The van der Waals surface area contributed by atoms with Gasteiger partial charge in [-0.25, -0.2) is 4.79 Å². The molecule has 94 valence electrons. The minimum absolute atomic E-state index is 0.204. The molecule has 0 aliphatic heterocycles. The topological polar surface area (TPSA) is 80.0 Å².